The number of carbonyl (C=O) groups excluding carboxylic acids is 2. The van der Waals surface area contributed by atoms with Crippen LogP contribution in [0.15, 0.2) is 66.8 Å². The molecule has 0 aliphatic carbocycles. The Morgan fingerprint density at radius 2 is 1.97 bits per heavy atom. The minimum absolute atomic E-state index is 0.0573. The molecular weight excluding hydrogens is 470 g/mol. The van der Waals surface area contributed by atoms with Crippen molar-refractivity contribution in [3.63, 3.8) is 0 Å². The van der Waals surface area contributed by atoms with Crippen molar-refractivity contribution in [3.8, 4) is 11.5 Å². The Morgan fingerprint density at radius 3 is 2.70 bits per heavy atom. The summed E-state index contributed by atoms with van der Waals surface area (Å²) in [5.74, 6) is 0.0379. The average molecular weight is 502 g/mol. The Balaban J connectivity index is 1.50. The highest BCUT2D eigenvalue weighted by Crippen LogP contribution is 2.41. The van der Waals surface area contributed by atoms with Gasteiger partial charge in [-0.25, -0.2) is 4.98 Å². The van der Waals surface area contributed by atoms with Crippen LogP contribution in [0.2, 0.25) is 0 Å². The number of likely N-dealkylation sites (tertiary alicyclic amines) is 1. The van der Waals surface area contributed by atoms with Gasteiger partial charge in [-0.2, -0.15) is 0 Å². The molecule has 37 heavy (non-hydrogen) atoms. The summed E-state index contributed by atoms with van der Waals surface area (Å²) >= 11 is 0. The van der Waals surface area contributed by atoms with Crippen molar-refractivity contribution < 1.29 is 24.2 Å². The highest BCUT2D eigenvalue weighted by molar-refractivity contribution is 6.46. The highest BCUT2D eigenvalue weighted by Gasteiger charge is 2.45. The molecule has 2 aliphatic heterocycles. The van der Waals surface area contributed by atoms with Crippen LogP contribution in [0.3, 0.4) is 0 Å². The zero-order valence-electron chi connectivity index (χ0n) is 21.1. The number of hydrogen-bond acceptors (Lipinski definition) is 6. The van der Waals surface area contributed by atoms with Gasteiger partial charge in [-0.05, 0) is 61.2 Å². The molecule has 192 valence electrons. The van der Waals surface area contributed by atoms with E-state index >= 15 is 0 Å². The maximum atomic E-state index is 13.3. The zero-order valence-corrected chi connectivity index (χ0v) is 21.1. The lowest BCUT2D eigenvalue weighted by molar-refractivity contribution is -0.139. The Labute approximate surface area is 216 Å². The third-order valence-electron chi connectivity index (χ3n) is 6.75. The number of ether oxygens (including phenoxy) is 2. The molecule has 5 rings (SSSR count). The second-order valence-electron chi connectivity index (χ2n) is 9.52. The third-order valence-corrected chi connectivity index (χ3v) is 6.75. The number of imidazole rings is 1. The summed E-state index contributed by atoms with van der Waals surface area (Å²) in [5.41, 5.74) is 2.31. The quantitative estimate of drug-likeness (QED) is 0.264. The van der Waals surface area contributed by atoms with Crippen LogP contribution in [0.1, 0.15) is 49.4 Å². The number of amides is 1. The molecule has 0 saturated carbocycles. The summed E-state index contributed by atoms with van der Waals surface area (Å²) in [5, 5.41) is 11.4. The van der Waals surface area contributed by atoms with Gasteiger partial charge in [-0.1, -0.05) is 19.1 Å². The second kappa shape index (κ2) is 10.5. The first-order valence-electron chi connectivity index (χ1n) is 12.7. The molecule has 0 unspecified atom stereocenters. The van der Waals surface area contributed by atoms with Crippen molar-refractivity contribution in [2.75, 3.05) is 13.2 Å². The number of aliphatic hydroxyl groups excluding tert-OH is 1. The Kier molecular flexibility index (Phi) is 6.99. The predicted molar refractivity (Wildman–Crippen MR) is 138 cm³/mol. The largest absolute Gasteiger partial charge is 0.507 e. The van der Waals surface area contributed by atoms with Crippen LogP contribution in [-0.4, -0.2) is 50.5 Å². The van der Waals surface area contributed by atoms with Gasteiger partial charge in [-0.3, -0.25) is 9.59 Å². The molecule has 8 nitrogen and oxygen atoms in total. The zero-order chi connectivity index (χ0) is 25.9. The van der Waals surface area contributed by atoms with Crippen LogP contribution in [0.5, 0.6) is 11.5 Å². The van der Waals surface area contributed by atoms with Gasteiger partial charge >= 0.3 is 0 Å². The Hall–Kier alpha value is -4.07. The van der Waals surface area contributed by atoms with Crippen LogP contribution in [-0.2, 0) is 22.6 Å². The lowest BCUT2D eigenvalue weighted by atomic mass is 9.94. The summed E-state index contributed by atoms with van der Waals surface area (Å²) in [6.45, 7) is 5.64. The molecule has 2 aromatic carbocycles. The number of aromatic nitrogens is 2. The minimum Gasteiger partial charge on any atom is -0.507 e. The molecule has 0 spiro atoms. The SMILES string of the molecule is CCCOc1ccc([C@H]2C(=C(O)c3ccc4c(c3)C[C@H](C)O4)C(=O)C(=O)N2CCCn2ccnc2)cc1. The van der Waals surface area contributed by atoms with Crippen LogP contribution in [0, 0.1) is 0 Å². The van der Waals surface area contributed by atoms with Crippen molar-refractivity contribution in [1.82, 2.24) is 14.5 Å². The molecule has 1 saturated heterocycles. The lowest BCUT2D eigenvalue weighted by Gasteiger charge is -2.25. The lowest BCUT2D eigenvalue weighted by Crippen LogP contribution is -2.31. The number of carbonyl (C=O) groups is 2. The maximum Gasteiger partial charge on any atom is 0.295 e. The fourth-order valence-electron chi connectivity index (χ4n) is 4.99. The molecular formula is C29H31N3O5. The molecule has 3 heterocycles. The summed E-state index contributed by atoms with van der Waals surface area (Å²) < 4.78 is 13.4. The van der Waals surface area contributed by atoms with E-state index in [9.17, 15) is 14.7 Å². The van der Waals surface area contributed by atoms with Crippen LogP contribution in [0.4, 0.5) is 0 Å². The molecule has 2 aliphatic rings. The fraction of sp³-hybridized carbons (Fsp3) is 0.345. The molecule has 8 heteroatoms. The minimum atomic E-state index is -0.702. The van der Waals surface area contributed by atoms with Gasteiger partial charge in [0.1, 0.15) is 23.4 Å². The number of hydrogen-bond donors (Lipinski definition) is 1. The van der Waals surface area contributed by atoms with Gasteiger partial charge in [-0.15, -0.1) is 0 Å². The monoisotopic (exact) mass is 501 g/mol. The first-order valence-corrected chi connectivity index (χ1v) is 12.7. The maximum absolute atomic E-state index is 13.3. The Bertz CT molecular complexity index is 1310. The van der Waals surface area contributed by atoms with Crippen molar-refractivity contribution in [1.29, 1.82) is 0 Å². The van der Waals surface area contributed by atoms with Gasteiger partial charge in [0.15, 0.2) is 0 Å². The predicted octanol–water partition coefficient (Wildman–Crippen LogP) is 4.51. The molecule has 1 aromatic heterocycles. The molecule has 1 amide bonds. The standard InChI is InChI=1S/C29H31N3O5/c1-3-15-36-23-8-5-20(6-9-23)26-25(27(33)21-7-10-24-22(17-21)16-19(2)37-24)28(34)29(35)32(26)13-4-12-31-14-11-30-18-31/h5-11,14,17-19,26,33H,3-4,12-13,15-16H2,1-2H3/t19-,26-/m0/s1. The molecule has 3 aromatic rings. The second-order valence-corrected chi connectivity index (χ2v) is 9.52. The van der Waals surface area contributed by atoms with E-state index in [4.69, 9.17) is 9.47 Å². The van der Waals surface area contributed by atoms with E-state index in [1.807, 2.05) is 61.0 Å². The normalized spacial score (nSPS) is 20.2. The van der Waals surface area contributed by atoms with Crippen LogP contribution < -0.4 is 9.47 Å². The van der Waals surface area contributed by atoms with Gasteiger partial charge in [0.2, 0.25) is 0 Å². The van der Waals surface area contributed by atoms with E-state index in [1.165, 1.54) is 0 Å². The van der Waals surface area contributed by atoms with Crippen molar-refractivity contribution in [2.24, 2.45) is 0 Å². The Morgan fingerprint density at radius 1 is 1.16 bits per heavy atom. The van der Waals surface area contributed by atoms with Crippen LogP contribution >= 0.6 is 0 Å². The fourth-order valence-corrected chi connectivity index (χ4v) is 4.99. The van der Waals surface area contributed by atoms with E-state index in [0.717, 1.165) is 35.5 Å². The number of aliphatic hydroxyl groups is 1. The molecule has 2 atom stereocenters. The number of rotatable bonds is 9. The van der Waals surface area contributed by atoms with Gasteiger partial charge in [0.05, 0.1) is 24.5 Å². The van der Waals surface area contributed by atoms with E-state index in [2.05, 4.69) is 4.98 Å². The smallest absolute Gasteiger partial charge is 0.295 e. The number of benzene rings is 2. The summed E-state index contributed by atoms with van der Waals surface area (Å²) in [6, 6.07) is 12.1. The average Bonchev–Trinajstić information content (AvgIpc) is 3.61. The number of ketones is 1. The van der Waals surface area contributed by atoms with E-state index < -0.39 is 17.7 Å². The first kappa shape index (κ1) is 24.6. The van der Waals surface area contributed by atoms with Gasteiger partial charge in [0.25, 0.3) is 11.7 Å². The van der Waals surface area contributed by atoms with Gasteiger partial charge < -0.3 is 24.0 Å². The number of Topliss-reactive ketones (excluding diaryl/α,β-unsaturated/α-hetero) is 1. The molecule has 1 fully saturated rings. The molecule has 0 bridgehead atoms. The topological polar surface area (TPSA) is 93.9 Å². The molecule has 1 N–H and O–H groups in total. The summed E-state index contributed by atoms with van der Waals surface area (Å²) in [7, 11) is 0. The van der Waals surface area contributed by atoms with Crippen LogP contribution in [0.25, 0.3) is 5.76 Å². The van der Waals surface area contributed by atoms with Crippen molar-refractivity contribution in [2.45, 2.75) is 51.8 Å². The van der Waals surface area contributed by atoms with Crippen molar-refractivity contribution >= 4 is 17.4 Å². The number of fused-ring (bicyclic) bond motifs is 1. The van der Waals surface area contributed by atoms with E-state index in [0.29, 0.717) is 31.7 Å². The first-order chi connectivity index (χ1) is 18.0. The summed E-state index contributed by atoms with van der Waals surface area (Å²) in [6.07, 6.45) is 7.59. The molecule has 0 radical (unpaired) electrons. The highest BCUT2D eigenvalue weighted by atomic mass is 16.5. The number of aryl methyl sites for hydroxylation is 1. The van der Waals surface area contributed by atoms with E-state index in [-0.39, 0.29) is 17.4 Å². The van der Waals surface area contributed by atoms with Gasteiger partial charge in [0, 0.05) is 37.5 Å². The van der Waals surface area contributed by atoms with E-state index in [1.54, 1.807) is 23.5 Å². The third kappa shape index (κ3) is 4.96. The number of nitrogens with zero attached hydrogens (tertiary/aromatic N) is 3. The van der Waals surface area contributed by atoms with Crippen molar-refractivity contribution in [3.05, 3.63) is 83.4 Å². The summed E-state index contributed by atoms with van der Waals surface area (Å²) in [4.78, 5) is 32.2.